The van der Waals surface area contributed by atoms with Crippen molar-refractivity contribution in [2.45, 2.75) is 38.6 Å². The van der Waals surface area contributed by atoms with E-state index in [0.29, 0.717) is 12.1 Å². The summed E-state index contributed by atoms with van der Waals surface area (Å²) < 4.78 is 84.3. The normalized spacial score (nSPS) is 20.0. The number of halogens is 5. The molecule has 1 aromatic heterocycles. The first kappa shape index (κ1) is 30.4. The molecule has 232 valence electrons. The van der Waals surface area contributed by atoms with Crippen LogP contribution in [0.3, 0.4) is 0 Å². The quantitative estimate of drug-likeness (QED) is 0.116. The number of carbonyl (C=O) groups excluding carboxylic acids is 1. The molecule has 45 heavy (non-hydrogen) atoms. The SMILES string of the molecule is C[C@H]1[C@@H](Cn2cnc3ccccc32)O[C@@H](c2cccc(NC(=O)c3c(F)c(F)c(F)c(F)c3F)c2)O[C@H]1c1ccc(CO)cc1. The van der Waals surface area contributed by atoms with Crippen molar-refractivity contribution in [2.75, 3.05) is 5.32 Å². The summed E-state index contributed by atoms with van der Waals surface area (Å²) in [7, 11) is 0. The van der Waals surface area contributed by atoms with Gasteiger partial charge in [0.05, 0.1) is 42.7 Å². The number of nitrogens with one attached hydrogen (secondary N) is 1. The molecule has 0 aliphatic carbocycles. The molecule has 4 atom stereocenters. The molecular formula is C33H26F5N3O4. The van der Waals surface area contributed by atoms with Crippen molar-refractivity contribution in [3.63, 3.8) is 0 Å². The van der Waals surface area contributed by atoms with E-state index in [9.17, 15) is 31.9 Å². The monoisotopic (exact) mass is 623 g/mol. The summed E-state index contributed by atoms with van der Waals surface area (Å²) in [5, 5.41) is 11.7. The highest BCUT2D eigenvalue weighted by atomic mass is 19.2. The zero-order valence-corrected chi connectivity index (χ0v) is 23.7. The van der Waals surface area contributed by atoms with Crippen LogP contribution in [0, 0.1) is 35.0 Å². The van der Waals surface area contributed by atoms with E-state index in [1.807, 2.05) is 47.9 Å². The lowest BCUT2D eigenvalue weighted by Crippen LogP contribution is -2.39. The number of fused-ring (bicyclic) bond motifs is 1. The number of carbonyl (C=O) groups is 1. The maximum Gasteiger partial charge on any atom is 0.261 e. The van der Waals surface area contributed by atoms with Gasteiger partial charge in [-0.1, -0.05) is 55.5 Å². The van der Waals surface area contributed by atoms with Crippen LogP contribution in [0.2, 0.25) is 0 Å². The largest absolute Gasteiger partial charge is 0.392 e. The zero-order chi connectivity index (χ0) is 31.8. The van der Waals surface area contributed by atoms with Crippen molar-refractivity contribution >= 4 is 22.6 Å². The number of hydrogen-bond donors (Lipinski definition) is 2. The highest BCUT2D eigenvalue weighted by Crippen LogP contribution is 2.42. The maximum atomic E-state index is 14.3. The van der Waals surface area contributed by atoms with Gasteiger partial charge in [0.15, 0.2) is 29.6 Å². The van der Waals surface area contributed by atoms with Crippen molar-refractivity contribution in [3.05, 3.63) is 130 Å². The molecule has 0 bridgehead atoms. The molecular weight excluding hydrogens is 597 g/mol. The predicted molar refractivity (Wildman–Crippen MR) is 153 cm³/mol. The van der Waals surface area contributed by atoms with Crippen LogP contribution in [0.1, 0.15) is 46.4 Å². The summed E-state index contributed by atoms with van der Waals surface area (Å²) in [5.74, 6) is -13.0. The van der Waals surface area contributed by atoms with Crippen molar-refractivity contribution in [2.24, 2.45) is 5.92 Å². The molecule has 1 fully saturated rings. The van der Waals surface area contributed by atoms with Gasteiger partial charge in [0.25, 0.3) is 5.91 Å². The fourth-order valence-electron chi connectivity index (χ4n) is 5.44. The Labute approximate surface area is 253 Å². The van der Waals surface area contributed by atoms with E-state index >= 15 is 0 Å². The lowest BCUT2D eigenvalue weighted by Gasteiger charge is -2.41. The molecule has 1 aliphatic heterocycles. The Morgan fingerprint density at radius 1 is 0.867 bits per heavy atom. The average molecular weight is 624 g/mol. The van der Waals surface area contributed by atoms with Gasteiger partial charge in [-0.05, 0) is 35.4 Å². The standard InChI is InChI=1S/C33H26F5N3O4/c1-17-24(14-41-16-39-22-7-2-3-8-23(22)41)44-33(45-31(17)19-11-9-18(15-42)10-12-19)20-5-4-6-21(13-20)40-32(43)25-26(34)28(36)30(38)29(37)27(25)35/h2-13,16-17,24,31,33,42H,14-15H2,1H3,(H,40,43)/t17-,24+,31+,33+/m0/s1. The van der Waals surface area contributed by atoms with E-state index in [1.54, 1.807) is 24.5 Å². The van der Waals surface area contributed by atoms with Crippen molar-refractivity contribution in [1.29, 1.82) is 0 Å². The van der Waals surface area contributed by atoms with Crippen LogP contribution >= 0.6 is 0 Å². The minimum atomic E-state index is -2.36. The van der Waals surface area contributed by atoms with Crippen LogP contribution in [0.4, 0.5) is 27.6 Å². The van der Waals surface area contributed by atoms with Gasteiger partial charge in [0.1, 0.15) is 5.56 Å². The van der Waals surface area contributed by atoms with Crippen LogP contribution in [-0.2, 0) is 22.6 Å². The Kier molecular flexibility index (Phi) is 8.36. The number of amides is 1. The molecule has 0 unspecified atom stereocenters. The van der Waals surface area contributed by atoms with Gasteiger partial charge in [0, 0.05) is 17.2 Å². The van der Waals surface area contributed by atoms with Gasteiger partial charge in [0.2, 0.25) is 5.82 Å². The molecule has 7 nitrogen and oxygen atoms in total. The van der Waals surface area contributed by atoms with Gasteiger partial charge in [-0.3, -0.25) is 4.79 Å². The maximum absolute atomic E-state index is 14.3. The van der Waals surface area contributed by atoms with Gasteiger partial charge >= 0.3 is 0 Å². The molecule has 4 aromatic carbocycles. The number of aliphatic hydroxyl groups is 1. The zero-order valence-electron chi connectivity index (χ0n) is 23.7. The van der Waals surface area contributed by atoms with Crippen LogP contribution in [-0.4, -0.2) is 26.7 Å². The van der Waals surface area contributed by atoms with Gasteiger partial charge in [-0.15, -0.1) is 0 Å². The third kappa shape index (κ3) is 5.79. The third-order valence-electron chi connectivity index (χ3n) is 7.88. The molecule has 1 amide bonds. The number of anilines is 1. The number of rotatable bonds is 7. The number of aliphatic hydroxyl groups excluding tert-OH is 1. The Morgan fingerprint density at radius 2 is 1.56 bits per heavy atom. The Hall–Kier alpha value is -4.65. The summed E-state index contributed by atoms with van der Waals surface area (Å²) >= 11 is 0. The molecule has 0 saturated carbocycles. The highest BCUT2D eigenvalue weighted by Gasteiger charge is 2.39. The lowest BCUT2D eigenvalue weighted by atomic mass is 9.90. The third-order valence-corrected chi connectivity index (χ3v) is 7.88. The average Bonchev–Trinajstić information content (AvgIpc) is 3.46. The highest BCUT2D eigenvalue weighted by molar-refractivity contribution is 6.04. The van der Waals surface area contributed by atoms with Crippen LogP contribution in [0.25, 0.3) is 11.0 Å². The second kappa shape index (κ2) is 12.4. The van der Waals surface area contributed by atoms with Gasteiger partial charge in [-0.2, -0.15) is 0 Å². The lowest BCUT2D eigenvalue weighted by molar-refractivity contribution is -0.276. The minimum absolute atomic E-state index is 0.00765. The van der Waals surface area contributed by atoms with Gasteiger partial charge in [-0.25, -0.2) is 26.9 Å². The Bertz CT molecular complexity index is 1850. The predicted octanol–water partition coefficient (Wildman–Crippen LogP) is 6.97. The van der Waals surface area contributed by atoms with Crippen molar-refractivity contribution in [3.8, 4) is 0 Å². The molecule has 12 heteroatoms. The first-order valence-corrected chi connectivity index (χ1v) is 14.0. The number of hydrogen-bond acceptors (Lipinski definition) is 5. The molecule has 0 radical (unpaired) electrons. The smallest absolute Gasteiger partial charge is 0.261 e. The molecule has 5 aromatic rings. The molecule has 0 spiro atoms. The number of ether oxygens (including phenoxy) is 2. The van der Waals surface area contributed by atoms with Crippen LogP contribution in [0.5, 0.6) is 0 Å². The fraction of sp³-hybridized carbons (Fsp3) is 0.212. The second-order valence-electron chi connectivity index (χ2n) is 10.7. The number of nitrogens with zero attached hydrogens (tertiary/aromatic N) is 2. The number of imidazole rings is 1. The number of benzene rings is 4. The second-order valence-corrected chi connectivity index (χ2v) is 10.7. The minimum Gasteiger partial charge on any atom is -0.392 e. The molecule has 2 heterocycles. The summed E-state index contributed by atoms with van der Waals surface area (Å²) in [6.07, 6.45) is -0.126. The Balaban J connectivity index is 1.31. The van der Waals surface area contributed by atoms with E-state index in [2.05, 4.69) is 10.3 Å². The van der Waals surface area contributed by atoms with Gasteiger partial charge < -0.3 is 24.5 Å². The van der Waals surface area contributed by atoms with Crippen molar-refractivity contribution in [1.82, 2.24) is 9.55 Å². The van der Waals surface area contributed by atoms with E-state index in [0.717, 1.165) is 22.2 Å². The molecule has 1 saturated heterocycles. The first-order valence-electron chi connectivity index (χ1n) is 14.0. The molecule has 1 aliphatic rings. The van der Waals surface area contributed by atoms with E-state index in [4.69, 9.17) is 9.47 Å². The van der Waals surface area contributed by atoms with E-state index in [-0.39, 0.29) is 18.2 Å². The first-order chi connectivity index (χ1) is 21.7. The fourth-order valence-corrected chi connectivity index (χ4v) is 5.44. The van der Waals surface area contributed by atoms with Crippen LogP contribution in [0.15, 0.2) is 79.1 Å². The van der Waals surface area contributed by atoms with Crippen molar-refractivity contribution < 1.29 is 41.3 Å². The van der Waals surface area contributed by atoms with E-state index < -0.39 is 59.1 Å². The number of aromatic nitrogens is 2. The summed E-state index contributed by atoms with van der Waals surface area (Å²) in [5.41, 5.74) is 2.13. The molecule has 6 rings (SSSR count). The molecule has 2 N–H and O–H groups in total. The number of para-hydroxylation sites is 2. The van der Waals surface area contributed by atoms with Crippen LogP contribution < -0.4 is 5.32 Å². The Morgan fingerprint density at radius 3 is 2.27 bits per heavy atom. The topological polar surface area (TPSA) is 85.6 Å². The van der Waals surface area contributed by atoms with E-state index in [1.165, 1.54) is 18.2 Å². The summed E-state index contributed by atoms with van der Waals surface area (Å²) in [6, 6.07) is 21.0. The summed E-state index contributed by atoms with van der Waals surface area (Å²) in [6.45, 7) is 2.29. The summed E-state index contributed by atoms with van der Waals surface area (Å²) in [4.78, 5) is 17.2.